The molecule has 0 amide bonds. The number of rotatable bonds is 8. The Morgan fingerprint density at radius 3 is 1.44 bits per heavy atom. The van der Waals surface area contributed by atoms with Crippen LogP contribution in [0.3, 0.4) is 0 Å². The summed E-state index contributed by atoms with van der Waals surface area (Å²) in [5.41, 5.74) is 1.23. The predicted octanol–water partition coefficient (Wildman–Crippen LogP) is 2.86. The van der Waals surface area contributed by atoms with Gasteiger partial charge in [0.25, 0.3) is 18.2 Å². The Morgan fingerprint density at radius 1 is 0.760 bits per heavy atom. The van der Waals surface area contributed by atoms with Gasteiger partial charge in [-0.2, -0.15) is 0 Å². The van der Waals surface area contributed by atoms with E-state index in [1.807, 2.05) is 0 Å². The predicted molar refractivity (Wildman–Crippen MR) is 88.4 cm³/mol. The molecule has 0 bridgehead atoms. The van der Waals surface area contributed by atoms with Crippen molar-refractivity contribution in [1.29, 1.82) is 0 Å². The van der Waals surface area contributed by atoms with E-state index >= 15 is 0 Å². The summed E-state index contributed by atoms with van der Waals surface area (Å²) in [6.07, 6.45) is 2.74. The van der Waals surface area contributed by atoms with E-state index in [1.54, 1.807) is 0 Å². The van der Waals surface area contributed by atoms with Crippen LogP contribution in [0.15, 0.2) is 58.8 Å². The van der Waals surface area contributed by atoms with Crippen LogP contribution in [0.25, 0.3) is 0 Å². The largest absolute Gasteiger partial charge is 0.352 e. The third-order valence-electron chi connectivity index (χ3n) is 2.87. The van der Waals surface area contributed by atoms with Crippen LogP contribution in [0.1, 0.15) is 11.1 Å². The molecule has 0 aliphatic carbocycles. The Morgan fingerprint density at radius 2 is 1.12 bits per heavy atom. The van der Waals surface area contributed by atoms with Gasteiger partial charge in [0.2, 0.25) is 0 Å². The van der Waals surface area contributed by atoms with E-state index in [2.05, 4.69) is 10.3 Å². The van der Waals surface area contributed by atoms with Crippen LogP contribution in [-0.2, 0) is 9.68 Å². The lowest BCUT2D eigenvalue weighted by Gasteiger charge is -1.97. The molecule has 128 valence electrons. The fourth-order valence-corrected chi connectivity index (χ4v) is 1.64. The highest BCUT2D eigenvalue weighted by Gasteiger charge is 2.03. The zero-order chi connectivity index (χ0) is 18.1. The number of non-ortho nitro benzene ring substituents is 2. The Hall–Kier alpha value is -3.82. The van der Waals surface area contributed by atoms with Crippen molar-refractivity contribution in [2.45, 2.75) is 0 Å². The lowest BCUT2D eigenvalue weighted by atomic mass is 10.2. The summed E-state index contributed by atoms with van der Waals surface area (Å²) in [7, 11) is 0. The molecule has 25 heavy (non-hydrogen) atoms. The first-order valence-corrected chi connectivity index (χ1v) is 6.86. The average Bonchev–Trinajstić information content (AvgIpc) is 2.61. The van der Waals surface area contributed by atoms with Crippen LogP contribution < -0.4 is 0 Å². The molecule has 0 N–H and O–H groups in total. The number of nitro groups is 2. The van der Waals surface area contributed by atoms with E-state index in [0.29, 0.717) is 11.1 Å². The number of nitrogens with zero attached hydrogens (tertiary/aromatic N) is 4. The molecule has 0 radical (unpaired) electrons. The van der Waals surface area contributed by atoms with Gasteiger partial charge in [0.05, 0.1) is 22.3 Å². The second-order valence-corrected chi connectivity index (χ2v) is 4.54. The van der Waals surface area contributed by atoms with Gasteiger partial charge in [-0.1, -0.05) is 10.3 Å². The van der Waals surface area contributed by atoms with Gasteiger partial charge >= 0.3 is 0 Å². The lowest BCUT2D eigenvalue weighted by molar-refractivity contribution is -0.385. The molecule has 2 rings (SSSR count). The molecule has 2 aromatic carbocycles. The zero-order valence-electron chi connectivity index (χ0n) is 12.7. The monoisotopic (exact) mass is 344 g/mol. The van der Waals surface area contributed by atoms with Crippen molar-refractivity contribution in [2.75, 3.05) is 6.79 Å². The summed E-state index contributed by atoms with van der Waals surface area (Å²) < 4.78 is 0. The second kappa shape index (κ2) is 8.72. The summed E-state index contributed by atoms with van der Waals surface area (Å²) in [5, 5.41) is 28.3. The van der Waals surface area contributed by atoms with Crippen LogP contribution in [-0.4, -0.2) is 29.1 Å². The molecule has 10 heteroatoms. The molecule has 0 saturated heterocycles. The number of oxime groups is 2. The van der Waals surface area contributed by atoms with Crippen molar-refractivity contribution in [3.8, 4) is 0 Å². The Bertz CT molecular complexity index is 719. The fraction of sp³-hybridized carbons (Fsp3) is 0.0667. The van der Waals surface area contributed by atoms with Gasteiger partial charge in [-0.3, -0.25) is 20.2 Å². The maximum absolute atomic E-state index is 10.5. The molecule has 0 saturated carbocycles. The molecular weight excluding hydrogens is 332 g/mol. The van der Waals surface area contributed by atoms with Crippen LogP contribution >= 0.6 is 0 Å². The first kappa shape index (κ1) is 17.5. The molecule has 2 aromatic rings. The van der Waals surface area contributed by atoms with Crippen LogP contribution in [0.5, 0.6) is 0 Å². The third-order valence-corrected chi connectivity index (χ3v) is 2.87. The van der Waals surface area contributed by atoms with Gasteiger partial charge in [0, 0.05) is 24.3 Å². The van der Waals surface area contributed by atoms with Gasteiger partial charge in [-0.15, -0.1) is 0 Å². The smallest absolute Gasteiger partial charge is 0.280 e. The van der Waals surface area contributed by atoms with Crippen LogP contribution in [0, 0.1) is 20.2 Å². The molecule has 0 fully saturated rings. The molecule has 0 heterocycles. The molecule has 0 aliphatic rings. The van der Waals surface area contributed by atoms with Gasteiger partial charge in [-0.25, -0.2) is 0 Å². The Labute approximate surface area is 141 Å². The van der Waals surface area contributed by atoms with Crippen LogP contribution in [0.2, 0.25) is 0 Å². The summed E-state index contributed by atoms with van der Waals surface area (Å²) in [4.78, 5) is 29.7. The van der Waals surface area contributed by atoms with Crippen molar-refractivity contribution < 1.29 is 19.5 Å². The standard InChI is InChI=1S/C15H12N4O6/c20-18(21)14-5-1-12(2-6-14)9-16-24-11-25-17-10-13-3-7-15(8-4-13)19(22)23/h1-10H,11H2. The van der Waals surface area contributed by atoms with E-state index in [0.717, 1.165) is 0 Å². The summed E-state index contributed by atoms with van der Waals surface area (Å²) in [6.45, 7) is -0.243. The fourth-order valence-electron chi connectivity index (χ4n) is 1.64. The molecule has 0 spiro atoms. The van der Waals surface area contributed by atoms with Crippen molar-refractivity contribution in [3.05, 3.63) is 79.9 Å². The molecule has 0 aromatic heterocycles. The van der Waals surface area contributed by atoms with E-state index in [9.17, 15) is 20.2 Å². The van der Waals surface area contributed by atoms with Crippen molar-refractivity contribution >= 4 is 23.8 Å². The second-order valence-electron chi connectivity index (χ2n) is 4.54. The van der Waals surface area contributed by atoms with Gasteiger partial charge in [-0.05, 0) is 35.4 Å². The average molecular weight is 344 g/mol. The number of benzene rings is 2. The minimum atomic E-state index is -0.492. The number of nitro benzene ring substituents is 2. The van der Waals surface area contributed by atoms with Crippen molar-refractivity contribution in [1.82, 2.24) is 0 Å². The Kier molecular flexibility index (Phi) is 6.11. The first-order chi connectivity index (χ1) is 12.1. The highest BCUT2D eigenvalue weighted by atomic mass is 16.8. The summed E-state index contributed by atoms with van der Waals surface area (Å²) >= 11 is 0. The van der Waals surface area contributed by atoms with Crippen molar-refractivity contribution in [3.63, 3.8) is 0 Å². The molecule has 10 nitrogen and oxygen atoms in total. The highest BCUT2D eigenvalue weighted by Crippen LogP contribution is 2.11. The number of hydrogen-bond acceptors (Lipinski definition) is 8. The van der Waals surface area contributed by atoms with E-state index < -0.39 is 9.85 Å². The maximum Gasteiger partial charge on any atom is 0.280 e. The van der Waals surface area contributed by atoms with E-state index in [1.165, 1.54) is 61.0 Å². The molecule has 0 aliphatic heterocycles. The van der Waals surface area contributed by atoms with E-state index in [4.69, 9.17) is 9.68 Å². The minimum Gasteiger partial charge on any atom is -0.352 e. The summed E-state index contributed by atoms with van der Waals surface area (Å²) in [6, 6.07) is 11.5. The minimum absolute atomic E-state index is 0.0121. The molecule has 0 unspecified atom stereocenters. The highest BCUT2D eigenvalue weighted by molar-refractivity contribution is 5.79. The summed E-state index contributed by atoms with van der Waals surface area (Å²) in [5.74, 6) is 0. The SMILES string of the molecule is O=[N+]([O-])c1ccc(C=NOCON=Cc2ccc([N+](=O)[O-])cc2)cc1. The molecular formula is C15H12N4O6. The van der Waals surface area contributed by atoms with E-state index in [-0.39, 0.29) is 18.2 Å². The topological polar surface area (TPSA) is 129 Å². The normalized spacial score (nSPS) is 10.9. The number of hydrogen-bond donors (Lipinski definition) is 0. The van der Waals surface area contributed by atoms with Gasteiger partial charge in [0.1, 0.15) is 0 Å². The zero-order valence-corrected chi connectivity index (χ0v) is 12.7. The lowest BCUT2D eigenvalue weighted by Crippen LogP contribution is -1.93. The maximum atomic E-state index is 10.5. The first-order valence-electron chi connectivity index (χ1n) is 6.86. The third kappa shape index (κ3) is 5.71. The van der Waals surface area contributed by atoms with Crippen LogP contribution in [0.4, 0.5) is 11.4 Å². The quantitative estimate of drug-likeness (QED) is 0.238. The van der Waals surface area contributed by atoms with Gasteiger partial charge in [0.15, 0.2) is 0 Å². The molecule has 0 atom stereocenters. The van der Waals surface area contributed by atoms with Crippen molar-refractivity contribution in [2.24, 2.45) is 10.3 Å². The Balaban J connectivity index is 1.71. The van der Waals surface area contributed by atoms with Gasteiger partial charge < -0.3 is 9.68 Å².